The number of likely N-dealkylation sites (tertiary alicyclic amines) is 1. The molecule has 2 saturated heterocycles. The van der Waals surface area contributed by atoms with Crippen LogP contribution in [0, 0.1) is 11.7 Å². The van der Waals surface area contributed by atoms with Gasteiger partial charge in [0.2, 0.25) is 0 Å². The number of halogens is 1. The van der Waals surface area contributed by atoms with Gasteiger partial charge >= 0.3 is 12.0 Å². The van der Waals surface area contributed by atoms with Gasteiger partial charge in [-0.2, -0.15) is 0 Å². The highest BCUT2D eigenvalue weighted by Crippen LogP contribution is 2.23. The number of nitrogens with one attached hydrogen (secondary N) is 1. The van der Waals surface area contributed by atoms with Crippen LogP contribution in [0.2, 0.25) is 0 Å². The van der Waals surface area contributed by atoms with E-state index in [9.17, 15) is 19.1 Å². The maximum atomic E-state index is 12.9. The van der Waals surface area contributed by atoms with Crippen LogP contribution in [0.5, 0.6) is 5.75 Å². The van der Waals surface area contributed by atoms with Crippen molar-refractivity contribution in [3.05, 3.63) is 30.1 Å². The van der Waals surface area contributed by atoms with Crippen molar-refractivity contribution in [3.63, 3.8) is 0 Å². The second kappa shape index (κ2) is 8.56. The number of carbonyl (C=O) groups is 2. The maximum absolute atomic E-state index is 12.9. The fourth-order valence-electron chi connectivity index (χ4n) is 3.53. The number of piperidine rings is 1. The normalized spacial score (nSPS) is 22.1. The maximum Gasteiger partial charge on any atom is 0.329 e. The summed E-state index contributed by atoms with van der Waals surface area (Å²) in [6.45, 7) is 2.15. The molecular formula is C19H25FN2O5. The molecule has 2 heterocycles. The molecule has 27 heavy (non-hydrogen) atoms. The molecular weight excluding hydrogens is 355 g/mol. The smallest absolute Gasteiger partial charge is 0.329 e. The largest absolute Gasteiger partial charge is 0.493 e. The van der Waals surface area contributed by atoms with Crippen LogP contribution in [0.4, 0.5) is 9.18 Å². The molecule has 0 aromatic heterocycles. The van der Waals surface area contributed by atoms with Crippen LogP contribution < -0.4 is 10.1 Å². The third kappa shape index (κ3) is 4.88. The molecule has 0 unspecified atom stereocenters. The predicted octanol–water partition coefficient (Wildman–Crippen LogP) is 2.26. The standard InChI is InChI=1S/C19H25FN2O5/c20-15-3-5-16(6-4-15)27-13-14-2-1-9-22(12-14)18(25)21-19(17(23)24)7-10-26-11-8-19/h3-6,14H,1-2,7-13H2,(H,21,25)(H,23,24)/t14-/m0/s1. The summed E-state index contributed by atoms with van der Waals surface area (Å²) in [5, 5.41) is 12.3. The quantitative estimate of drug-likeness (QED) is 0.818. The minimum absolute atomic E-state index is 0.144. The minimum atomic E-state index is -1.26. The molecule has 8 heteroatoms. The molecule has 0 bridgehead atoms. The SMILES string of the molecule is O=C(NC1(C(=O)O)CCOCC1)N1CCC[C@H](COc2ccc(F)cc2)C1. The number of urea groups is 1. The molecule has 1 atom stereocenters. The van der Waals surface area contributed by atoms with Gasteiger partial charge in [-0.05, 0) is 37.1 Å². The van der Waals surface area contributed by atoms with Gasteiger partial charge in [-0.25, -0.2) is 14.0 Å². The van der Waals surface area contributed by atoms with Crippen molar-refractivity contribution in [1.29, 1.82) is 0 Å². The van der Waals surface area contributed by atoms with E-state index in [1.165, 1.54) is 12.1 Å². The van der Waals surface area contributed by atoms with Crippen molar-refractivity contribution < 1.29 is 28.6 Å². The Hall–Kier alpha value is -2.35. The molecule has 2 N–H and O–H groups in total. The van der Waals surface area contributed by atoms with Crippen molar-refractivity contribution in [2.45, 2.75) is 31.2 Å². The Bertz CT molecular complexity index is 661. The van der Waals surface area contributed by atoms with E-state index in [4.69, 9.17) is 9.47 Å². The fraction of sp³-hybridized carbons (Fsp3) is 0.579. The fourth-order valence-corrected chi connectivity index (χ4v) is 3.53. The van der Waals surface area contributed by atoms with Gasteiger partial charge in [-0.1, -0.05) is 0 Å². The minimum Gasteiger partial charge on any atom is -0.493 e. The lowest BCUT2D eigenvalue weighted by Crippen LogP contribution is -2.61. The highest BCUT2D eigenvalue weighted by atomic mass is 19.1. The number of hydrogen-bond acceptors (Lipinski definition) is 4. The zero-order valence-corrected chi connectivity index (χ0v) is 15.2. The van der Waals surface area contributed by atoms with Crippen molar-refractivity contribution in [2.75, 3.05) is 32.9 Å². The topological polar surface area (TPSA) is 88.1 Å². The van der Waals surface area contributed by atoms with Gasteiger partial charge in [0, 0.05) is 45.1 Å². The average molecular weight is 380 g/mol. The summed E-state index contributed by atoms with van der Waals surface area (Å²) < 4.78 is 23.9. The molecule has 2 amide bonds. The van der Waals surface area contributed by atoms with Crippen molar-refractivity contribution >= 4 is 12.0 Å². The van der Waals surface area contributed by atoms with Crippen LogP contribution in [-0.2, 0) is 9.53 Å². The van der Waals surface area contributed by atoms with Gasteiger partial charge in [-0.3, -0.25) is 0 Å². The number of hydrogen-bond donors (Lipinski definition) is 2. The summed E-state index contributed by atoms with van der Waals surface area (Å²) in [4.78, 5) is 26.0. The summed E-state index contributed by atoms with van der Waals surface area (Å²) in [6, 6.07) is 5.48. The van der Waals surface area contributed by atoms with Gasteiger partial charge in [0.05, 0.1) is 6.61 Å². The highest BCUT2D eigenvalue weighted by molar-refractivity contribution is 5.86. The molecule has 2 fully saturated rings. The van der Waals surface area contributed by atoms with Gasteiger partial charge in [-0.15, -0.1) is 0 Å². The zero-order chi connectivity index (χ0) is 19.3. The Balaban J connectivity index is 1.54. The number of rotatable bonds is 5. The Morgan fingerprint density at radius 1 is 1.30 bits per heavy atom. The Labute approximate surface area is 157 Å². The van der Waals surface area contributed by atoms with E-state index in [1.807, 2.05) is 0 Å². The van der Waals surface area contributed by atoms with E-state index >= 15 is 0 Å². The van der Waals surface area contributed by atoms with Crippen molar-refractivity contribution in [1.82, 2.24) is 10.2 Å². The molecule has 7 nitrogen and oxygen atoms in total. The molecule has 0 aliphatic carbocycles. The second-order valence-electron chi connectivity index (χ2n) is 7.15. The molecule has 3 rings (SSSR count). The van der Waals surface area contributed by atoms with Gasteiger partial charge < -0.3 is 24.8 Å². The number of ether oxygens (including phenoxy) is 2. The summed E-state index contributed by atoms with van der Waals surface area (Å²) >= 11 is 0. The van der Waals surface area contributed by atoms with E-state index in [-0.39, 0.29) is 30.6 Å². The molecule has 2 aliphatic rings. The first-order valence-electron chi connectivity index (χ1n) is 9.25. The predicted molar refractivity (Wildman–Crippen MR) is 95.1 cm³/mol. The second-order valence-corrected chi connectivity index (χ2v) is 7.15. The Morgan fingerprint density at radius 2 is 2.00 bits per heavy atom. The number of carboxylic acids is 1. The molecule has 2 aliphatic heterocycles. The van der Waals surface area contributed by atoms with Crippen molar-refractivity contribution in [2.24, 2.45) is 5.92 Å². The molecule has 1 aromatic carbocycles. The first-order chi connectivity index (χ1) is 13.0. The van der Waals surface area contributed by atoms with Crippen molar-refractivity contribution in [3.8, 4) is 5.75 Å². The molecule has 1 aromatic rings. The van der Waals surface area contributed by atoms with Crippen LogP contribution >= 0.6 is 0 Å². The first kappa shape index (κ1) is 19.4. The van der Waals surface area contributed by atoms with E-state index in [0.717, 1.165) is 12.8 Å². The average Bonchev–Trinajstić information content (AvgIpc) is 2.68. The van der Waals surface area contributed by atoms with Gasteiger partial charge in [0.25, 0.3) is 0 Å². The zero-order valence-electron chi connectivity index (χ0n) is 15.2. The number of carboxylic acid groups (broad SMARTS) is 1. The molecule has 0 radical (unpaired) electrons. The van der Waals surface area contributed by atoms with Crippen LogP contribution in [0.15, 0.2) is 24.3 Å². The number of carbonyl (C=O) groups excluding carboxylic acids is 1. The van der Waals surface area contributed by atoms with Gasteiger partial charge in [0.15, 0.2) is 0 Å². The summed E-state index contributed by atoms with van der Waals surface area (Å²) in [5.41, 5.74) is -1.26. The van der Waals surface area contributed by atoms with Crippen LogP contribution in [0.3, 0.4) is 0 Å². The number of nitrogens with zero attached hydrogens (tertiary/aromatic N) is 1. The number of amides is 2. The Kier molecular flexibility index (Phi) is 6.15. The number of aliphatic carboxylic acids is 1. The molecule has 148 valence electrons. The lowest BCUT2D eigenvalue weighted by atomic mass is 9.90. The summed E-state index contributed by atoms with van der Waals surface area (Å²) in [6.07, 6.45) is 2.27. The molecule has 0 spiro atoms. The third-order valence-electron chi connectivity index (χ3n) is 5.21. The summed E-state index contributed by atoms with van der Waals surface area (Å²) in [5.74, 6) is -0.606. The van der Waals surface area contributed by atoms with Crippen LogP contribution in [0.1, 0.15) is 25.7 Å². The lowest BCUT2D eigenvalue weighted by molar-refractivity contribution is -0.148. The van der Waals surface area contributed by atoms with E-state index < -0.39 is 11.5 Å². The highest BCUT2D eigenvalue weighted by Gasteiger charge is 2.42. The Morgan fingerprint density at radius 3 is 2.67 bits per heavy atom. The van der Waals surface area contributed by atoms with Crippen LogP contribution in [0.25, 0.3) is 0 Å². The third-order valence-corrected chi connectivity index (χ3v) is 5.21. The number of benzene rings is 1. The monoisotopic (exact) mass is 380 g/mol. The van der Waals surface area contributed by atoms with E-state index in [0.29, 0.717) is 38.7 Å². The summed E-state index contributed by atoms with van der Waals surface area (Å²) in [7, 11) is 0. The van der Waals surface area contributed by atoms with Crippen LogP contribution in [-0.4, -0.2) is 60.5 Å². The lowest BCUT2D eigenvalue weighted by Gasteiger charge is -2.38. The van der Waals surface area contributed by atoms with E-state index in [1.54, 1.807) is 17.0 Å². The molecule has 0 saturated carbocycles. The first-order valence-corrected chi connectivity index (χ1v) is 9.25. The van der Waals surface area contributed by atoms with Gasteiger partial charge in [0.1, 0.15) is 17.1 Å². The van der Waals surface area contributed by atoms with E-state index in [2.05, 4.69) is 5.32 Å².